The third-order valence-corrected chi connectivity index (χ3v) is 13.6. The summed E-state index contributed by atoms with van der Waals surface area (Å²) in [5.41, 5.74) is 21.8. The number of H-pyrrole nitrogens is 1. The molecule has 5 amide bonds. The summed E-state index contributed by atoms with van der Waals surface area (Å²) in [6.45, 7) is 10.3. The highest BCUT2D eigenvalue weighted by molar-refractivity contribution is 6.47. The highest BCUT2D eigenvalue weighted by Crippen LogP contribution is 2.65. The number of aliphatic hydroxyl groups excluding tert-OH is 1. The first kappa shape index (κ1) is 49.3. The van der Waals surface area contributed by atoms with E-state index in [0.29, 0.717) is 36.6 Å². The monoisotopic (exact) mass is 899 g/mol. The van der Waals surface area contributed by atoms with Gasteiger partial charge in [0, 0.05) is 18.2 Å². The summed E-state index contributed by atoms with van der Waals surface area (Å²) in [5.74, 6) is -3.08. The van der Waals surface area contributed by atoms with Crippen molar-refractivity contribution in [3.05, 3.63) is 77.9 Å². The minimum atomic E-state index is -1.73. The molecule has 2 aromatic carbocycles. The minimum absolute atomic E-state index is 0.0696. The van der Waals surface area contributed by atoms with Crippen LogP contribution >= 0.6 is 0 Å². The zero-order chi connectivity index (χ0) is 47.1. The average Bonchev–Trinajstić information content (AvgIpc) is 3.94. The van der Waals surface area contributed by atoms with E-state index < -0.39 is 78.7 Å². The number of aromatic amines is 1. The Kier molecular flexibility index (Phi) is 16.2. The predicted octanol–water partition coefficient (Wildman–Crippen LogP) is 1.31. The summed E-state index contributed by atoms with van der Waals surface area (Å²) >= 11 is 0. The Hall–Kier alpha value is -5.18. The molecule has 19 heteroatoms. The van der Waals surface area contributed by atoms with Crippen molar-refractivity contribution in [2.24, 2.45) is 34.5 Å². The van der Waals surface area contributed by atoms with E-state index >= 15 is 0 Å². The molecule has 2 heterocycles. The lowest BCUT2D eigenvalue weighted by molar-refractivity contribution is -0.199. The zero-order valence-electron chi connectivity index (χ0n) is 38.1. The van der Waals surface area contributed by atoms with Crippen molar-refractivity contribution < 1.29 is 38.4 Å². The first-order chi connectivity index (χ1) is 30.9. The molecule has 1 aromatic heterocycles. The molecule has 7 rings (SSSR count). The minimum Gasteiger partial charge on any atom is -0.403 e. The van der Waals surface area contributed by atoms with Crippen LogP contribution in [0.3, 0.4) is 0 Å². The first-order valence-corrected chi connectivity index (χ1v) is 22.9. The van der Waals surface area contributed by atoms with Crippen LogP contribution in [-0.2, 0) is 41.3 Å². The van der Waals surface area contributed by atoms with Gasteiger partial charge in [0.05, 0.1) is 29.8 Å². The molecule has 3 saturated carbocycles. The average molecular weight is 899 g/mol. The fraction of sp³-hybridized carbons (Fsp3) is 0.565. The molecule has 1 aliphatic heterocycles. The lowest BCUT2D eigenvalue weighted by Gasteiger charge is -2.64. The van der Waals surface area contributed by atoms with Gasteiger partial charge in [-0.05, 0) is 111 Å². The molecular formula is C46H67BN10O8. The van der Waals surface area contributed by atoms with Gasteiger partial charge in [-0.2, -0.15) is 0 Å². The number of rotatable bonds is 22. The summed E-state index contributed by atoms with van der Waals surface area (Å²) in [7, 11) is -0.927. The van der Waals surface area contributed by atoms with Crippen LogP contribution in [0.25, 0.3) is 11.1 Å². The number of aliphatic hydroxyl groups is 1. The van der Waals surface area contributed by atoms with Gasteiger partial charge in [0.2, 0.25) is 17.7 Å². The Bertz CT molecular complexity index is 2110. The van der Waals surface area contributed by atoms with Crippen LogP contribution in [0.2, 0.25) is 0 Å². The SMILES string of the molecule is CCCCc1ccc(-c2ccc(C(=O)N[C@@H](CCCCN)C(=O)N[C@H](C(=O)N[C@@H](N)C(=O)NC(Cc3c[nH]cn3)C(=O)N[C@@H](N)B3OC4C[C@@H]5C[C@@H](C5(C)C)[C@]4(C)O3)[C@@H](C)O)cc2)cc1. The Morgan fingerprint density at radius 1 is 0.862 bits per heavy atom. The van der Waals surface area contributed by atoms with Gasteiger partial charge in [-0.3, -0.25) is 24.0 Å². The van der Waals surface area contributed by atoms with E-state index in [1.165, 1.54) is 18.8 Å². The highest BCUT2D eigenvalue weighted by atomic mass is 16.7. The number of aromatic nitrogens is 2. The number of hydrogen-bond donors (Lipinski definition) is 10. The molecule has 13 N–H and O–H groups in total. The summed E-state index contributed by atoms with van der Waals surface area (Å²) in [6.07, 6.45) is 5.92. The van der Waals surface area contributed by atoms with Gasteiger partial charge < -0.3 is 63.2 Å². The van der Waals surface area contributed by atoms with Gasteiger partial charge in [-0.1, -0.05) is 63.6 Å². The topological polar surface area (TPSA) is 291 Å². The van der Waals surface area contributed by atoms with Crippen molar-refractivity contribution >= 4 is 36.7 Å². The van der Waals surface area contributed by atoms with Crippen LogP contribution in [0, 0.1) is 17.3 Å². The number of unbranched alkanes of at least 4 members (excludes halogenated alkanes) is 2. The Balaban J connectivity index is 1.05. The van der Waals surface area contributed by atoms with Crippen molar-refractivity contribution in [3.63, 3.8) is 0 Å². The second kappa shape index (κ2) is 21.4. The predicted molar refractivity (Wildman–Crippen MR) is 245 cm³/mol. The molecule has 4 fully saturated rings. The number of aryl methyl sites for hydroxylation is 1. The number of benzene rings is 2. The quantitative estimate of drug-likeness (QED) is 0.0388. The van der Waals surface area contributed by atoms with Gasteiger partial charge in [0.1, 0.15) is 24.2 Å². The Morgan fingerprint density at radius 2 is 1.54 bits per heavy atom. The number of carbonyl (C=O) groups excluding carboxylic acids is 5. The van der Waals surface area contributed by atoms with Crippen molar-refractivity contribution in [3.8, 4) is 11.1 Å². The third-order valence-electron chi connectivity index (χ3n) is 13.6. The van der Waals surface area contributed by atoms with E-state index in [4.69, 9.17) is 26.5 Å². The van der Waals surface area contributed by atoms with Gasteiger partial charge in [0.15, 0.2) is 6.17 Å². The smallest absolute Gasteiger partial charge is 0.403 e. The number of carbonyl (C=O) groups is 5. The molecule has 10 atom stereocenters. The number of nitrogens with zero attached hydrogens (tertiary/aromatic N) is 1. The molecule has 352 valence electrons. The Labute approximate surface area is 381 Å². The normalized spacial score (nSPS) is 23.3. The molecule has 65 heavy (non-hydrogen) atoms. The van der Waals surface area contributed by atoms with Crippen molar-refractivity contribution in [2.45, 2.75) is 141 Å². The largest absolute Gasteiger partial charge is 0.497 e. The fourth-order valence-corrected chi connectivity index (χ4v) is 9.50. The van der Waals surface area contributed by atoms with Crippen molar-refractivity contribution in [1.82, 2.24) is 36.6 Å². The molecule has 4 aliphatic rings. The second-order valence-corrected chi connectivity index (χ2v) is 18.6. The molecular weight excluding hydrogens is 831 g/mol. The molecule has 2 unspecified atom stereocenters. The molecule has 3 aromatic rings. The van der Waals surface area contributed by atoms with Gasteiger partial charge in [0.25, 0.3) is 11.8 Å². The maximum atomic E-state index is 13.7. The Morgan fingerprint density at radius 3 is 2.15 bits per heavy atom. The maximum Gasteiger partial charge on any atom is 0.497 e. The van der Waals surface area contributed by atoms with Crippen LogP contribution in [0.5, 0.6) is 0 Å². The number of hydrogen-bond acceptors (Lipinski definition) is 12. The lowest BCUT2D eigenvalue weighted by Crippen LogP contribution is -2.65. The van der Waals surface area contributed by atoms with Crippen LogP contribution < -0.4 is 43.8 Å². The number of imidazole rings is 1. The zero-order valence-corrected chi connectivity index (χ0v) is 38.1. The van der Waals surface area contributed by atoms with Gasteiger partial charge in [-0.25, -0.2) is 4.98 Å². The standard InChI is InChI=1S/C46H67BN10O8/c1-6-7-10-27-12-14-28(15-13-27)29-16-18-30(19-17-29)39(59)53-33(11-8-9-20-48)40(60)55-37(26(2)58)42(62)56-38(49)43(63)54-34(23-32-24-51-25-52-32)41(61)57-44(50)47-64-36-22-31-21-35(45(31,3)4)46(36,5)65-47/h12-19,24-26,31,33-38,44,58H,6-11,20-23,48-50H2,1-5H3,(H,51,52)(H,53,59)(H,54,63)(H,55,60)(H,56,62)(H,57,61)/t26-,31+,33+,34?,35+,36?,37+,38-,44-,46+/m1/s1. The maximum absolute atomic E-state index is 13.7. The van der Waals surface area contributed by atoms with Gasteiger partial charge >= 0.3 is 7.12 Å². The summed E-state index contributed by atoms with van der Waals surface area (Å²) < 4.78 is 12.7. The summed E-state index contributed by atoms with van der Waals surface area (Å²) in [6, 6.07) is 10.3. The lowest BCUT2D eigenvalue weighted by atomic mass is 9.43. The molecule has 18 nitrogen and oxygen atoms in total. The molecule has 2 bridgehead atoms. The summed E-state index contributed by atoms with van der Waals surface area (Å²) in [5, 5.41) is 23.5. The number of amides is 5. The van der Waals surface area contributed by atoms with E-state index in [2.05, 4.69) is 81.6 Å². The van der Waals surface area contributed by atoms with Crippen LogP contribution in [0.15, 0.2) is 61.1 Å². The third kappa shape index (κ3) is 11.6. The van der Waals surface area contributed by atoms with E-state index in [0.717, 1.165) is 43.2 Å². The molecule has 3 aliphatic carbocycles. The van der Waals surface area contributed by atoms with E-state index in [-0.39, 0.29) is 30.3 Å². The first-order valence-electron chi connectivity index (χ1n) is 22.9. The van der Waals surface area contributed by atoms with Gasteiger partial charge in [-0.15, -0.1) is 0 Å². The second-order valence-electron chi connectivity index (χ2n) is 18.6. The van der Waals surface area contributed by atoms with E-state index in [1.807, 2.05) is 19.1 Å². The molecule has 1 saturated heterocycles. The fourth-order valence-electron chi connectivity index (χ4n) is 9.50. The van der Waals surface area contributed by atoms with Crippen LogP contribution in [0.1, 0.15) is 101 Å². The summed E-state index contributed by atoms with van der Waals surface area (Å²) in [4.78, 5) is 75.0. The molecule has 0 spiro atoms. The highest BCUT2D eigenvalue weighted by Gasteiger charge is 2.68. The van der Waals surface area contributed by atoms with Crippen LogP contribution in [0.4, 0.5) is 0 Å². The van der Waals surface area contributed by atoms with E-state index in [9.17, 15) is 29.1 Å². The van der Waals surface area contributed by atoms with Crippen molar-refractivity contribution in [2.75, 3.05) is 6.54 Å². The number of nitrogens with two attached hydrogens (primary N) is 3. The van der Waals surface area contributed by atoms with E-state index in [1.54, 1.807) is 18.3 Å². The van der Waals surface area contributed by atoms with Crippen LogP contribution in [-0.4, -0.2) is 106 Å². The molecule has 0 radical (unpaired) electrons. The van der Waals surface area contributed by atoms with Crippen molar-refractivity contribution in [1.29, 1.82) is 0 Å². The number of nitrogens with one attached hydrogen (secondary N) is 6.